The van der Waals surface area contributed by atoms with Gasteiger partial charge in [0.2, 0.25) is 10.0 Å². The van der Waals surface area contributed by atoms with Crippen molar-refractivity contribution in [2.24, 2.45) is 0 Å². The molecule has 6 heteroatoms. The van der Waals surface area contributed by atoms with Crippen LogP contribution in [0.2, 0.25) is 0 Å². The Morgan fingerprint density at radius 1 is 1.38 bits per heavy atom. The number of hydrogen-bond acceptors (Lipinski definition) is 4. The molecular formula is C15H21NO4S. The average molecular weight is 311 g/mol. The number of carbonyl (C=O) groups is 1. The average Bonchev–Trinajstić information content (AvgIpc) is 2.54. The summed E-state index contributed by atoms with van der Waals surface area (Å²) in [5.74, 6) is -0.0551. The molecule has 1 heterocycles. The van der Waals surface area contributed by atoms with Gasteiger partial charge in [0.05, 0.1) is 17.6 Å². The molecule has 0 radical (unpaired) electrons. The molecule has 1 atom stereocenters. The van der Waals surface area contributed by atoms with Gasteiger partial charge in [-0.2, -0.15) is 4.31 Å². The van der Waals surface area contributed by atoms with E-state index in [1.54, 1.807) is 19.1 Å². The Bertz CT molecular complexity index is 612. The Morgan fingerprint density at radius 2 is 2.14 bits per heavy atom. The molecule has 116 valence electrons. The smallest absolute Gasteiger partial charge is 0.243 e. The van der Waals surface area contributed by atoms with Crippen LogP contribution in [0.3, 0.4) is 0 Å². The van der Waals surface area contributed by atoms with Gasteiger partial charge >= 0.3 is 0 Å². The molecule has 1 fully saturated rings. The van der Waals surface area contributed by atoms with Crippen LogP contribution in [0.1, 0.15) is 37.0 Å². The van der Waals surface area contributed by atoms with Crippen LogP contribution in [0.4, 0.5) is 0 Å². The molecule has 21 heavy (non-hydrogen) atoms. The van der Waals surface area contributed by atoms with E-state index >= 15 is 0 Å². The minimum Gasteiger partial charge on any atom is -0.375 e. The number of ether oxygens (including phenoxy) is 1. The zero-order valence-electron chi connectivity index (χ0n) is 12.4. The zero-order valence-corrected chi connectivity index (χ0v) is 13.2. The maximum atomic E-state index is 12.7. The summed E-state index contributed by atoms with van der Waals surface area (Å²) >= 11 is 0. The van der Waals surface area contributed by atoms with Gasteiger partial charge in [-0.1, -0.05) is 26.0 Å². The first kappa shape index (κ1) is 16.1. The summed E-state index contributed by atoms with van der Waals surface area (Å²) in [4.78, 5) is 11.9. The highest BCUT2D eigenvalue weighted by Gasteiger charge is 2.30. The molecule has 2 rings (SSSR count). The first-order valence-corrected chi connectivity index (χ1v) is 8.68. The first-order valence-electron chi connectivity index (χ1n) is 7.24. The molecule has 1 aromatic carbocycles. The number of Topliss-reactive ketones (excluding diaryl/α,β-unsaturated/α-hetero) is 1. The quantitative estimate of drug-likeness (QED) is 0.781. The molecule has 0 aromatic heterocycles. The summed E-state index contributed by atoms with van der Waals surface area (Å²) in [6.45, 7) is 4.86. The molecule has 1 saturated heterocycles. The molecule has 0 amide bonds. The second-order valence-electron chi connectivity index (χ2n) is 5.07. The zero-order chi connectivity index (χ0) is 15.5. The minimum absolute atomic E-state index is 0.0551. The lowest BCUT2D eigenvalue weighted by Gasteiger charge is -2.31. The molecule has 1 aromatic rings. The van der Waals surface area contributed by atoms with Gasteiger partial charge in [-0.3, -0.25) is 4.79 Å². The fraction of sp³-hybridized carbons (Fsp3) is 0.533. The number of nitrogens with zero attached hydrogens (tertiary/aromatic N) is 1. The number of carbonyl (C=O) groups excluding carboxylic acids is 1. The van der Waals surface area contributed by atoms with Gasteiger partial charge in [0.1, 0.15) is 0 Å². The monoisotopic (exact) mass is 311 g/mol. The number of sulfonamides is 1. The van der Waals surface area contributed by atoms with Gasteiger partial charge in [0.15, 0.2) is 5.78 Å². The largest absolute Gasteiger partial charge is 0.375 e. The highest BCUT2D eigenvalue weighted by Crippen LogP contribution is 2.21. The molecule has 0 bridgehead atoms. The van der Waals surface area contributed by atoms with Gasteiger partial charge in [0.25, 0.3) is 0 Å². The Kier molecular flexibility index (Phi) is 5.13. The van der Waals surface area contributed by atoms with Crippen LogP contribution in [-0.2, 0) is 14.8 Å². The van der Waals surface area contributed by atoms with Crippen molar-refractivity contribution in [2.45, 2.75) is 37.7 Å². The molecule has 1 aliphatic heterocycles. The van der Waals surface area contributed by atoms with E-state index in [-0.39, 0.29) is 16.8 Å². The maximum absolute atomic E-state index is 12.7. The van der Waals surface area contributed by atoms with E-state index in [0.29, 0.717) is 31.7 Å². The number of benzene rings is 1. The van der Waals surface area contributed by atoms with E-state index in [9.17, 15) is 13.2 Å². The lowest BCUT2D eigenvalue weighted by atomic mass is 10.1. The van der Waals surface area contributed by atoms with Crippen molar-refractivity contribution in [1.82, 2.24) is 4.31 Å². The van der Waals surface area contributed by atoms with Crippen LogP contribution in [0, 0.1) is 0 Å². The molecule has 0 N–H and O–H groups in total. The van der Waals surface area contributed by atoms with Crippen molar-refractivity contribution < 1.29 is 17.9 Å². The predicted molar refractivity (Wildman–Crippen MR) is 79.9 cm³/mol. The van der Waals surface area contributed by atoms with E-state index in [4.69, 9.17) is 4.74 Å². The summed E-state index contributed by atoms with van der Waals surface area (Å²) in [6.07, 6.45) is 1.08. The summed E-state index contributed by atoms with van der Waals surface area (Å²) in [5.41, 5.74) is 0.443. The van der Waals surface area contributed by atoms with Crippen molar-refractivity contribution in [1.29, 1.82) is 0 Å². The standard InChI is InChI=1S/C15H21NO4S/c1-3-13-11-16(8-9-20-13)21(18,19)14-7-5-6-12(10-14)15(17)4-2/h5-7,10,13H,3-4,8-9,11H2,1-2H3. The van der Waals surface area contributed by atoms with E-state index < -0.39 is 10.0 Å². The van der Waals surface area contributed by atoms with Gasteiger partial charge < -0.3 is 4.74 Å². The van der Waals surface area contributed by atoms with E-state index in [1.165, 1.54) is 16.4 Å². The first-order chi connectivity index (χ1) is 9.98. The van der Waals surface area contributed by atoms with Crippen LogP contribution in [-0.4, -0.2) is 44.3 Å². The van der Waals surface area contributed by atoms with Crippen LogP contribution >= 0.6 is 0 Å². The van der Waals surface area contributed by atoms with Crippen molar-refractivity contribution in [2.75, 3.05) is 19.7 Å². The van der Waals surface area contributed by atoms with Crippen LogP contribution in [0.15, 0.2) is 29.2 Å². The molecular weight excluding hydrogens is 290 g/mol. The fourth-order valence-electron chi connectivity index (χ4n) is 2.34. The van der Waals surface area contributed by atoms with E-state index in [0.717, 1.165) is 6.42 Å². The maximum Gasteiger partial charge on any atom is 0.243 e. The number of hydrogen-bond donors (Lipinski definition) is 0. The van der Waals surface area contributed by atoms with Gasteiger partial charge in [-0.15, -0.1) is 0 Å². The second kappa shape index (κ2) is 6.68. The molecule has 0 aliphatic carbocycles. The number of rotatable bonds is 5. The lowest BCUT2D eigenvalue weighted by Crippen LogP contribution is -2.45. The summed E-state index contributed by atoms with van der Waals surface area (Å²) in [5, 5.41) is 0. The summed E-state index contributed by atoms with van der Waals surface area (Å²) in [6, 6.07) is 6.28. The molecule has 5 nitrogen and oxygen atoms in total. The molecule has 0 saturated carbocycles. The fourth-order valence-corrected chi connectivity index (χ4v) is 3.84. The predicted octanol–water partition coefficient (Wildman–Crippen LogP) is 2.08. The topological polar surface area (TPSA) is 63.7 Å². The van der Waals surface area contributed by atoms with Crippen molar-refractivity contribution in [3.05, 3.63) is 29.8 Å². The van der Waals surface area contributed by atoms with Crippen molar-refractivity contribution >= 4 is 15.8 Å². The SMILES string of the molecule is CCC(=O)c1cccc(S(=O)(=O)N2CCOC(CC)C2)c1. The van der Waals surface area contributed by atoms with Crippen LogP contribution in [0.25, 0.3) is 0 Å². The normalized spacial score (nSPS) is 20.4. The Balaban J connectivity index is 2.29. The Labute approximate surface area is 126 Å². The highest BCUT2D eigenvalue weighted by atomic mass is 32.2. The summed E-state index contributed by atoms with van der Waals surface area (Å²) < 4.78 is 32.3. The van der Waals surface area contributed by atoms with Crippen LogP contribution < -0.4 is 0 Å². The lowest BCUT2D eigenvalue weighted by molar-refractivity contribution is -0.00278. The van der Waals surface area contributed by atoms with Gasteiger partial charge in [-0.05, 0) is 18.6 Å². The third-order valence-electron chi connectivity index (χ3n) is 3.67. The number of morpholine rings is 1. The summed E-state index contributed by atoms with van der Waals surface area (Å²) in [7, 11) is -3.57. The van der Waals surface area contributed by atoms with Gasteiger partial charge in [0, 0.05) is 25.1 Å². The molecule has 1 aliphatic rings. The molecule has 1 unspecified atom stereocenters. The second-order valence-corrected chi connectivity index (χ2v) is 7.01. The van der Waals surface area contributed by atoms with Gasteiger partial charge in [-0.25, -0.2) is 8.42 Å². The van der Waals surface area contributed by atoms with Crippen molar-refractivity contribution in [3.8, 4) is 0 Å². The Morgan fingerprint density at radius 3 is 2.81 bits per heavy atom. The Hall–Kier alpha value is -1.24. The third-order valence-corrected chi connectivity index (χ3v) is 5.53. The highest BCUT2D eigenvalue weighted by molar-refractivity contribution is 7.89. The van der Waals surface area contributed by atoms with E-state index in [1.807, 2.05) is 6.92 Å². The van der Waals surface area contributed by atoms with Crippen LogP contribution in [0.5, 0.6) is 0 Å². The van der Waals surface area contributed by atoms with E-state index in [2.05, 4.69) is 0 Å². The molecule has 0 spiro atoms. The van der Waals surface area contributed by atoms with Crippen molar-refractivity contribution in [3.63, 3.8) is 0 Å². The minimum atomic E-state index is -3.57. The number of ketones is 1. The third kappa shape index (κ3) is 3.51.